The van der Waals surface area contributed by atoms with Crippen molar-refractivity contribution in [2.45, 2.75) is 19.4 Å². The molecular formula is C14H14F2N2O3. The van der Waals surface area contributed by atoms with Crippen molar-refractivity contribution in [1.29, 1.82) is 5.26 Å². The van der Waals surface area contributed by atoms with E-state index in [-0.39, 0.29) is 6.42 Å². The molecule has 0 aliphatic rings. The van der Waals surface area contributed by atoms with Gasteiger partial charge in [-0.05, 0) is 25.5 Å². The van der Waals surface area contributed by atoms with Gasteiger partial charge in [0.15, 0.2) is 11.6 Å². The summed E-state index contributed by atoms with van der Waals surface area (Å²) in [5.74, 6) is -4.70. The van der Waals surface area contributed by atoms with Crippen LogP contribution in [0.3, 0.4) is 0 Å². The lowest BCUT2D eigenvalue weighted by molar-refractivity contribution is -0.143. The lowest BCUT2D eigenvalue weighted by Crippen LogP contribution is -2.42. The molecule has 0 bridgehead atoms. The Kier molecular flexibility index (Phi) is 5.79. The van der Waals surface area contributed by atoms with Gasteiger partial charge in [0.25, 0.3) is 5.91 Å². The molecule has 7 heteroatoms. The Hall–Kier alpha value is -2.49. The van der Waals surface area contributed by atoms with Crippen LogP contribution >= 0.6 is 0 Å². The van der Waals surface area contributed by atoms with Crippen molar-refractivity contribution >= 4 is 11.9 Å². The predicted molar refractivity (Wildman–Crippen MR) is 69.0 cm³/mol. The number of hydrogen-bond donors (Lipinski definition) is 1. The second-order valence-corrected chi connectivity index (χ2v) is 4.42. The maximum absolute atomic E-state index is 13.5. The van der Waals surface area contributed by atoms with Crippen LogP contribution in [0.25, 0.3) is 0 Å². The highest BCUT2D eigenvalue weighted by molar-refractivity contribution is 5.97. The monoisotopic (exact) mass is 296 g/mol. The van der Waals surface area contributed by atoms with E-state index in [9.17, 15) is 18.4 Å². The quantitative estimate of drug-likeness (QED) is 0.840. The van der Waals surface area contributed by atoms with Crippen molar-refractivity contribution in [3.05, 3.63) is 35.4 Å². The molecule has 1 N–H and O–H groups in total. The lowest BCUT2D eigenvalue weighted by atomic mass is 10.0. The Morgan fingerprint density at radius 2 is 2.10 bits per heavy atom. The molecule has 0 fully saturated rings. The van der Waals surface area contributed by atoms with E-state index in [0.29, 0.717) is 0 Å². The molecule has 0 unspecified atom stereocenters. The molecule has 0 aliphatic carbocycles. The highest BCUT2D eigenvalue weighted by atomic mass is 19.2. The number of benzene rings is 1. The van der Waals surface area contributed by atoms with Gasteiger partial charge in [0, 0.05) is 5.92 Å². The summed E-state index contributed by atoms with van der Waals surface area (Å²) in [7, 11) is 1.13. The number of ether oxygens (including phenoxy) is 1. The van der Waals surface area contributed by atoms with Gasteiger partial charge in [0.1, 0.15) is 6.04 Å². The number of esters is 1. The number of nitrogens with zero attached hydrogens (tertiary/aromatic N) is 1. The number of carbonyl (C=O) groups excluding carboxylic acids is 2. The Morgan fingerprint density at radius 1 is 1.43 bits per heavy atom. The van der Waals surface area contributed by atoms with Gasteiger partial charge in [-0.2, -0.15) is 5.26 Å². The van der Waals surface area contributed by atoms with Gasteiger partial charge in [-0.3, -0.25) is 4.79 Å². The van der Waals surface area contributed by atoms with Crippen LogP contribution in [0.5, 0.6) is 0 Å². The average molecular weight is 296 g/mol. The summed E-state index contributed by atoms with van der Waals surface area (Å²) >= 11 is 0. The molecule has 0 saturated heterocycles. The smallest absolute Gasteiger partial charge is 0.328 e. The molecule has 1 rings (SSSR count). The first-order chi connectivity index (χ1) is 9.90. The fraction of sp³-hybridized carbons (Fsp3) is 0.357. The minimum atomic E-state index is -1.30. The van der Waals surface area contributed by atoms with E-state index < -0.39 is 41.0 Å². The van der Waals surface area contributed by atoms with E-state index >= 15 is 0 Å². The summed E-state index contributed by atoms with van der Waals surface area (Å²) in [6, 6.07) is 3.95. The number of amides is 1. The van der Waals surface area contributed by atoms with Crippen molar-refractivity contribution < 1.29 is 23.1 Å². The van der Waals surface area contributed by atoms with Crippen molar-refractivity contribution in [2.75, 3.05) is 7.11 Å². The zero-order valence-electron chi connectivity index (χ0n) is 11.5. The number of hydrogen-bond acceptors (Lipinski definition) is 4. The van der Waals surface area contributed by atoms with Gasteiger partial charge in [0.05, 0.1) is 18.7 Å². The van der Waals surface area contributed by atoms with Crippen LogP contribution in [0, 0.1) is 28.9 Å². The summed E-state index contributed by atoms with van der Waals surface area (Å²) in [6.07, 6.45) is 0.00580. The third-order valence-electron chi connectivity index (χ3n) is 2.80. The molecule has 1 aromatic carbocycles. The molecule has 0 heterocycles. The maximum Gasteiger partial charge on any atom is 0.328 e. The number of methoxy groups -OCH3 is 1. The van der Waals surface area contributed by atoms with Gasteiger partial charge in [0.2, 0.25) is 0 Å². The van der Waals surface area contributed by atoms with Crippen LogP contribution in [-0.4, -0.2) is 25.0 Å². The minimum absolute atomic E-state index is 0.00580. The summed E-state index contributed by atoms with van der Waals surface area (Å²) in [5.41, 5.74) is -0.520. The highest BCUT2D eigenvalue weighted by Gasteiger charge is 2.26. The Labute approximate surface area is 120 Å². The maximum atomic E-state index is 13.5. The number of halogens is 2. The molecule has 0 aromatic heterocycles. The highest BCUT2D eigenvalue weighted by Crippen LogP contribution is 2.13. The van der Waals surface area contributed by atoms with E-state index in [1.165, 1.54) is 6.07 Å². The van der Waals surface area contributed by atoms with Gasteiger partial charge < -0.3 is 10.1 Å². The Morgan fingerprint density at radius 3 is 2.67 bits per heavy atom. The van der Waals surface area contributed by atoms with E-state index in [2.05, 4.69) is 10.1 Å². The van der Waals surface area contributed by atoms with E-state index in [1.54, 1.807) is 6.92 Å². The average Bonchev–Trinajstić information content (AvgIpc) is 2.48. The first kappa shape index (κ1) is 16.6. The predicted octanol–water partition coefficient (Wildman–Crippen LogP) is 1.79. The molecule has 112 valence electrons. The van der Waals surface area contributed by atoms with Crippen LogP contribution in [-0.2, 0) is 9.53 Å². The number of carbonyl (C=O) groups is 2. The van der Waals surface area contributed by atoms with Gasteiger partial charge in [-0.25, -0.2) is 13.6 Å². The van der Waals surface area contributed by atoms with E-state index in [0.717, 1.165) is 19.2 Å². The molecular weight excluding hydrogens is 282 g/mol. The normalized spacial score (nSPS) is 12.9. The Bertz CT molecular complexity index is 584. The molecule has 21 heavy (non-hydrogen) atoms. The van der Waals surface area contributed by atoms with E-state index in [4.69, 9.17) is 5.26 Å². The van der Waals surface area contributed by atoms with Crippen LogP contribution < -0.4 is 5.32 Å². The number of nitriles is 1. The van der Waals surface area contributed by atoms with Crippen LogP contribution in [0.4, 0.5) is 8.78 Å². The van der Waals surface area contributed by atoms with Crippen molar-refractivity contribution in [2.24, 2.45) is 5.92 Å². The minimum Gasteiger partial charge on any atom is -0.467 e. The summed E-state index contributed by atoms with van der Waals surface area (Å²) in [5, 5.41) is 11.0. The first-order valence-electron chi connectivity index (χ1n) is 6.13. The molecule has 5 nitrogen and oxygen atoms in total. The lowest BCUT2D eigenvalue weighted by Gasteiger charge is -2.17. The third kappa shape index (κ3) is 4.24. The molecule has 0 saturated carbocycles. The third-order valence-corrected chi connectivity index (χ3v) is 2.80. The fourth-order valence-electron chi connectivity index (χ4n) is 1.68. The molecule has 1 aromatic rings. The number of nitrogens with one attached hydrogen (secondary N) is 1. The topological polar surface area (TPSA) is 79.2 Å². The van der Waals surface area contributed by atoms with Gasteiger partial charge in [-0.1, -0.05) is 6.07 Å². The van der Waals surface area contributed by atoms with Crippen LogP contribution in [0.1, 0.15) is 23.7 Å². The summed E-state index contributed by atoms with van der Waals surface area (Å²) < 4.78 is 31.1. The summed E-state index contributed by atoms with van der Waals surface area (Å²) in [6.45, 7) is 1.56. The first-order valence-corrected chi connectivity index (χ1v) is 6.13. The molecule has 0 spiro atoms. The standard InChI is InChI=1S/C14H14F2N2O3/c1-8(7-17)6-11(14(20)21-2)18-13(19)9-4-3-5-10(15)12(9)16/h3-5,8,11H,6H2,1-2H3,(H,18,19)/t8-,11-/m1/s1. The second kappa shape index (κ2) is 7.33. The van der Waals surface area contributed by atoms with Crippen LogP contribution in [0.15, 0.2) is 18.2 Å². The van der Waals surface area contributed by atoms with Crippen molar-refractivity contribution in [3.8, 4) is 6.07 Å². The van der Waals surface area contributed by atoms with Gasteiger partial charge in [-0.15, -0.1) is 0 Å². The summed E-state index contributed by atoms with van der Waals surface area (Å²) in [4.78, 5) is 23.5. The SMILES string of the molecule is COC(=O)[C@@H](C[C@@H](C)C#N)NC(=O)c1cccc(F)c1F. The van der Waals surface area contributed by atoms with Crippen molar-refractivity contribution in [3.63, 3.8) is 0 Å². The van der Waals surface area contributed by atoms with Crippen molar-refractivity contribution in [1.82, 2.24) is 5.32 Å². The van der Waals surface area contributed by atoms with E-state index in [1.807, 2.05) is 6.07 Å². The molecule has 0 aliphatic heterocycles. The zero-order valence-corrected chi connectivity index (χ0v) is 11.5. The van der Waals surface area contributed by atoms with Gasteiger partial charge >= 0.3 is 5.97 Å². The zero-order chi connectivity index (χ0) is 16.0. The Balaban J connectivity index is 2.93. The molecule has 1 amide bonds. The fourth-order valence-corrected chi connectivity index (χ4v) is 1.68. The number of rotatable bonds is 5. The molecule has 2 atom stereocenters. The molecule has 0 radical (unpaired) electrons. The largest absolute Gasteiger partial charge is 0.467 e. The second-order valence-electron chi connectivity index (χ2n) is 4.42. The van der Waals surface area contributed by atoms with Crippen LogP contribution in [0.2, 0.25) is 0 Å².